The average molecular weight is 220 g/mol. The molecule has 0 amide bonds. The summed E-state index contributed by atoms with van der Waals surface area (Å²) in [6.07, 6.45) is 1.20. The minimum absolute atomic E-state index is 0. The van der Waals surface area contributed by atoms with Crippen molar-refractivity contribution >= 4 is 0 Å². The van der Waals surface area contributed by atoms with Crippen molar-refractivity contribution in [3.05, 3.63) is 0 Å². The Balaban J connectivity index is 0. The van der Waals surface area contributed by atoms with Crippen LogP contribution in [-0.4, -0.2) is 56.0 Å². The van der Waals surface area contributed by atoms with Crippen molar-refractivity contribution in [2.45, 2.75) is 19.1 Å². The first-order valence-electron chi connectivity index (χ1n) is 4.67. The Morgan fingerprint density at radius 2 is 2.07 bits per heavy atom. The van der Waals surface area contributed by atoms with Gasteiger partial charge in [-0.25, -0.2) is 0 Å². The normalized spacial score (nSPS) is 13.9. The van der Waals surface area contributed by atoms with E-state index in [1.807, 2.05) is 0 Å². The second-order valence-electron chi connectivity index (χ2n) is 2.91. The van der Waals surface area contributed by atoms with Crippen LogP contribution in [0.15, 0.2) is 0 Å². The quantitative estimate of drug-likeness (QED) is 0.545. The van der Waals surface area contributed by atoms with Crippen LogP contribution in [-0.2, 0) is 14.2 Å². The van der Waals surface area contributed by atoms with Crippen molar-refractivity contribution in [2.75, 3.05) is 33.5 Å². The van der Waals surface area contributed by atoms with Crippen LogP contribution in [0.3, 0.4) is 0 Å². The number of hydrogen-bond acceptors (Lipinski definition) is 5. The first-order chi connectivity index (χ1) is 7.24. The number of hydrogen-bond donors (Lipinski definition) is 2. The zero-order valence-corrected chi connectivity index (χ0v) is 9.10. The highest BCUT2D eigenvalue weighted by molar-refractivity contribution is 4.85. The summed E-state index contributed by atoms with van der Waals surface area (Å²) in [6.45, 7) is 1.96. The average Bonchev–Trinajstić information content (AvgIpc) is 2.24. The summed E-state index contributed by atoms with van der Waals surface area (Å²) in [5, 5.41) is 18.2. The molecule has 2 N–H and O–H groups in total. The zero-order valence-electron chi connectivity index (χ0n) is 9.10. The maximum absolute atomic E-state index is 9.35. The van der Waals surface area contributed by atoms with Crippen LogP contribution in [0.2, 0.25) is 0 Å². The first kappa shape index (κ1) is 14.2. The molecule has 0 radical (unpaired) electrons. The lowest BCUT2D eigenvalue weighted by atomic mass is 10.3. The van der Waals surface area contributed by atoms with Crippen LogP contribution in [0, 0.1) is 12.0 Å². The number of aliphatic hydroxyl groups is 2. The summed E-state index contributed by atoms with van der Waals surface area (Å²) < 4.78 is 14.8. The Morgan fingerprint density at radius 1 is 1.33 bits per heavy atom. The fourth-order valence-corrected chi connectivity index (χ4v) is 0.845. The molecule has 0 saturated heterocycles. The molecule has 0 aromatic rings. The van der Waals surface area contributed by atoms with E-state index in [0.29, 0.717) is 6.61 Å². The van der Waals surface area contributed by atoms with Crippen LogP contribution in [0.4, 0.5) is 0 Å². The Bertz CT molecular complexity index is 201. The highest BCUT2D eigenvalue weighted by Crippen LogP contribution is 1.95. The maximum atomic E-state index is 9.35. The van der Waals surface area contributed by atoms with E-state index in [4.69, 9.17) is 19.3 Å². The Labute approximate surface area is 91.4 Å². The van der Waals surface area contributed by atoms with Crippen molar-refractivity contribution in [3.63, 3.8) is 0 Å². The van der Waals surface area contributed by atoms with Gasteiger partial charge in [0.25, 0.3) is 0 Å². The minimum atomic E-state index is -0.753. The van der Waals surface area contributed by atoms with Crippen LogP contribution in [0.25, 0.3) is 0 Å². The standard InChI is InChI=1S/C10H18O5.H2/c1-3-4-14-6-9(12)7-15-10(5-11)8-13-2;/h9-12H,5-8H2,1-2H3;1H. The molecule has 0 aliphatic rings. The molecule has 0 aliphatic heterocycles. The van der Waals surface area contributed by atoms with Crippen LogP contribution in [0.1, 0.15) is 8.35 Å². The van der Waals surface area contributed by atoms with Gasteiger partial charge in [0.2, 0.25) is 0 Å². The summed E-state index contributed by atoms with van der Waals surface area (Å²) in [5.41, 5.74) is 0. The van der Waals surface area contributed by atoms with E-state index in [9.17, 15) is 5.11 Å². The minimum Gasteiger partial charge on any atom is -0.444 e. The first-order valence-corrected chi connectivity index (χ1v) is 4.67. The van der Waals surface area contributed by atoms with E-state index in [0.717, 1.165) is 0 Å². The predicted molar refractivity (Wildman–Crippen MR) is 56.2 cm³/mol. The summed E-state index contributed by atoms with van der Waals surface area (Å²) in [7, 11) is 1.52. The molecule has 0 aliphatic carbocycles. The lowest BCUT2D eigenvalue weighted by molar-refractivity contribution is -0.0697. The van der Waals surface area contributed by atoms with Crippen molar-refractivity contribution in [2.24, 2.45) is 0 Å². The monoisotopic (exact) mass is 220 g/mol. The summed E-state index contributed by atoms with van der Waals surface area (Å²) in [5.74, 6) is 2.54. The van der Waals surface area contributed by atoms with Gasteiger partial charge >= 0.3 is 0 Å². The maximum Gasteiger partial charge on any atom is 0.128 e. The molecule has 5 nitrogen and oxygen atoms in total. The fourth-order valence-electron chi connectivity index (χ4n) is 0.845. The third-order valence-electron chi connectivity index (χ3n) is 1.53. The number of aliphatic hydroxyl groups excluding tert-OH is 2. The predicted octanol–water partition coefficient (Wildman–Crippen LogP) is -0.385. The molecule has 0 spiro atoms. The molecule has 0 aromatic carbocycles. The number of ether oxygens (including phenoxy) is 3. The largest absolute Gasteiger partial charge is 0.444 e. The van der Waals surface area contributed by atoms with Gasteiger partial charge in [-0.15, -0.1) is 0 Å². The second kappa shape index (κ2) is 9.74. The lowest BCUT2D eigenvalue weighted by Crippen LogP contribution is -2.29. The van der Waals surface area contributed by atoms with Crippen molar-refractivity contribution in [1.82, 2.24) is 0 Å². The zero-order chi connectivity index (χ0) is 11.5. The summed E-state index contributed by atoms with van der Waals surface area (Å²) in [4.78, 5) is 0. The van der Waals surface area contributed by atoms with Gasteiger partial charge < -0.3 is 24.4 Å². The Hall–Kier alpha value is -0.800. The SMILES string of the molecule is CC#COCC(O)COC(CO)COC.[HH]. The third-order valence-corrected chi connectivity index (χ3v) is 1.53. The molecule has 0 rings (SSSR count). The highest BCUT2D eigenvalue weighted by Gasteiger charge is 2.11. The topological polar surface area (TPSA) is 68.2 Å². The van der Waals surface area contributed by atoms with Gasteiger partial charge in [-0.05, 0) is 0 Å². The molecule has 0 heterocycles. The molecule has 5 heteroatoms. The van der Waals surface area contributed by atoms with E-state index in [1.165, 1.54) is 7.11 Å². The molecule has 2 atom stereocenters. The number of rotatable bonds is 8. The lowest BCUT2D eigenvalue weighted by Gasteiger charge is -2.16. The van der Waals surface area contributed by atoms with Crippen LogP contribution < -0.4 is 0 Å². The Morgan fingerprint density at radius 3 is 2.60 bits per heavy atom. The summed E-state index contributed by atoms with van der Waals surface area (Å²) in [6, 6.07) is 0. The van der Waals surface area contributed by atoms with Gasteiger partial charge in [0.15, 0.2) is 0 Å². The van der Waals surface area contributed by atoms with E-state index < -0.39 is 12.2 Å². The molecule has 0 bridgehead atoms. The van der Waals surface area contributed by atoms with E-state index in [-0.39, 0.29) is 21.2 Å². The van der Waals surface area contributed by atoms with E-state index in [2.05, 4.69) is 12.0 Å². The highest BCUT2D eigenvalue weighted by atomic mass is 16.5. The molecule has 0 saturated carbocycles. The molecule has 2 unspecified atom stereocenters. The van der Waals surface area contributed by atoms with Crippen molar-refractivity contribution in [3.8, 4) is 12.0 Å². The van der Waals surface area contributed by atoms with Crippen LogP contribution >= 0.6 is 0 Å². The summed E-state index contributed by atoms with van der Waals surface area (Å²) >= 11 is 0. The molecule has 90 valence electrons. The third kappa shape index (κ3) is 8.21. The van der Waals surface area contributed by atoms with E-state index >= 15 is 0 Å². The van der Waals surface area contributed by atoms with Gasteiger partial charge in [-0.1, -0.05) is 5.92 Å². The molecule has 15 heavy (non-hydrogen) atoms. The Kier molecular flexibility index (Phi) is 9.22. The molecule has 0 fully saturated rings. The second-order valence-corrected chi connectivity index (χ2v) is 2.91. The van der Waals surface area contributed by atoms with Crippen LogP contribution in [0.5, 0.6) is 0 Å². The van der Waals surface area contributed by atoms with Gasteiger partial charge in [0.05, 0.1) is 19.8 Å². The fraction of sp³-hybridized carbons (Fsp3) is 0.800. The molecular weight excluding hydrogens is 200 g/mol. The molecule has 0 aromatic heterocycles. The van der Waals surface area contributed by atoms with Gasteiger partial charge in [0.1, 0.15) is 24.9 Å². The van der Waals surface area contributed by atoms with Gasteiger partial charge in [0, 0.05) is 15.5 Å². The van der Waals surface area contributed by atoms with Gasteiger partial charge in [-0.3, -0.25) is 0 Å². The van der Waals surface area contributed by atoms with Crippen molar-refractivity contribution < 1.29 is 25.9 Å². The van der Waals surface area contributed by atoms with Crippen molar-refractivity contribution in [1.29, 1.82) is 0 Å². The molecular formula is C10H20O5. The van der Waals surface area contributed by atoms with Gasteiger partial charge in [-0.2, -0.15) is 0 Å². The smallest absolute Gasteiger partial charge is 0.128 e. The van der Waals surface area contributed by atoms with E-state index in [1.54, 1.807) is 6.92 Å². The number of methoxy groups -OCH3 is 1.